The maximum atomic E-state index is 14.9. The van der Waals surface area contributed by atoms with Crippen LogP contribution < -0.4 is 10.4 Å². The number of rotatable bonds is 14. The summed E-state index contributed by atoms with van der Waals surface area (Å²) in [5, 5.41) is 2.31. The molecular formula is C38H56O6Si. The molecule has 0 N–H and O–H groups in total. The van der Waals surface area contributed by atoms with Gasteiger partial charge in [-0.2, -0.15) is 0 Å². The van der Waals surface area contributed by atoms with E-state index in [1.54, 1.807) is 14.2 Å². The molecule has 2 aliphatic rings. The quantitative estimate of drug-likeness (QED) is 0.135. The van der Waals surface area contributed by atoms with E-state index in [9.17, 15) is 9.59 Å². The first kappa shape index (κ1) is 35.7. The first-order valence-corrected chi connectivity index (χ1v) is 18.7. The Kier molecular flexibility index (Phi) is 11.3. The maximum Gasteiger partial charge on any atom is 0.261 e. The molecule has 7 heteroatoms. The van der Waals surface area contributed by atoms with Crippen LogP contribution in [0.15, 0.2) is 60.7 Å². The van der Waals surface area contributed by atoms with Gasteiger partial charge in [0.1, 0.15) is 18.2 Å². The van der Waals surface area contributed by atoms with Crippen molar-refractivity contribution >= 4 is 30.3 Å². The number of hydrogen-bond donors (Lipinski definition) is 0. The molecule has 248 valence electrons. The molecule has 0 amide bonds. The average molecular weight is 637 g/mol. The van der Waals surface area contributed by atoms with E-state index >= 15 is 0 Å². The highest BCUT2D eigenvalue weighted by Crippen LogP contribution is 2.53. The van der Waals surface area contributed by atoms with E-state index in [4.69, 9.17) is 18.6 Å². The summed E-state index contributed by atoms with van der Waals surface area (Å²) in [5.74, 6) is -0.307. The van der Waals surface area contributed by atoms with E-state index in [2.05, 4.69) is 102 Å². The van der Waals surface area contributed by atoms with Crippen molar-refractivity contribution in [2.24, 2.45) is 35.0 Å². The zero-order valence-corrected chi connectivity index (χ0v) is 30.1. The standard InChI is InChI=1S/C38H56O6Si/c1-27(2)31-20-22-37(7,34(31)39)35(40)33-32(21-23-38(33,25-41-8)43-26-42-9)28(3)24-44-45(36(4,5)6,29-16-12-10-13-17-29)30-18-14-11-15-19-30/h10-19,27-28,31-33H,20-26H2,1-9H3/t28-,31-,32-,33+,37-,38-/m0/s1. The van der Waals surface area contributed by atoms with E-state index in [0.29, 0.717) is 19.4 Å². The van der Waals surface area contributed by atoms with E-state index in [1.807, 2.05) is 6.92 Å². The summed E-state index contributed by atoms with van der Waals surface area (Å²) in [6.45, 7) is 15.9. The largest absolute Gasteiger partial charge is 0.407 e. The van der Waals surface area contributed by atoms with Crippen LogP contribution in [-0.2, 0) is 28.2 Å². The molecule has 0 bridgehead atoms. The highest BCUT2D eigenvalue weighted by atomic mass is 28.4. The number of ether oxygens (including phenoxy) is 3. The van der Waals surface area contributed by atoms with E-state index in [0.717, 1.165) is 12.8 Å². The third-order valence-corrected chi connectivity index (χ3v) is 15.9. The Bertz CT molecular complexity index is 1230. The molecule has 2 saturated carbocycles. The lowest BCUT2D eigenvalue weighted by Crippen LogP contribution is -2.67. The van der Waals surface area contributed by atoms with E-state index in [-0.39, 0.29) is 53.7 Å². The Hall–Kier alpha value is -2.16. The second-order valence-corrected chi connectivity index (χ2v) is 19.4. The molecule has 0 spiro atoms. The van der Waals surface area contributed by atoms with Crippen LogP contribution in [0.5, 0.6) is 0 Å². The number of carbonyl (C=O) groups excluding carboxylic acids is 2. The third kappa shape index (κ3) is 6.66. The monoisotopic (exact) mass is 636 g/mol. The van der Waals surface area contributed by atoms with Gasteiger partial charge >= 0.3 is 0 Å². The lowest BCUT2D eigenvalue weighted by Gasteiger charge is -2.44. The van der Waals surface area contributed by atoms with Crippen LogP contribution in [0, 0.1) is 35.0 Å². The molecule has 2 aromatic carbocycles. The predicted molar refractivity (Wildman–Crippen MR) is 182 cm³/mol. The Morgan fingerprint density at radius 1 is 0.911 bits per heavy atom. The molecule has 2 aliphatic carbocycles. The lowest BCUT2D eigenvalue weighted by atomic mass is 9.67. The molecule has 45 heavy (non-hydrogen) atoms. The number of carbonyl (C=O) groups is 2. The second-order valence-electron chi connectivity index (χ2n) is 15.1. The average Bonchev–Trinajstić information content (AvgIpc) is 3.54. The van der Waals surface area contributed by atoms with Crippen LogP contribution in [0.1, 0.15) is 74.1 Å². The third-order valence-electron chi connectivity index (χ3n) is 10.9. The van der Waals surface area contributed by atoms with Crippen LogP contribution in [0.3, 0.4) is 0 Å². The highest BCUT2D eigenvalue weighted by Gasteiger charge is 2.61. The minimum absolute atomic E-state index is 0.00333. The van der Waals surface area contributed by atoms with Crippen molar-refractivity contribution in [3.05, 3.63) is 60.7 Å². The van der Waals surface area contributed by atoms with Gasteiger partial charge in [0, 0.05) is 26.7 Å². The fourth-order valence-corrected chi connectivity index (χ4v) is 13.1. The van der Waals surface area contributed by atoms with Crippen LogP contribution in [0.25, 0.3) is 0 Å². The zero-order valence-electron chi connectivity index (χ0n) is 29.1. The van der Waals surface area contributed by atoms with Gasteiger partial charge in [-0.3, -0.25) is 9.59 Å². The molecule has 4 rings (SSSR count). The molecule has 2 fully saturated rings. The normalized spacial score (nSPS) is 28.1. The van der Waals surface area contributed by atoms with Crippen LogP contribution in [0.2, 0.25) is 5.04 Å². The molecule has 6 nitrogen and oxygen atoms in total. The van der Waals surface area contributed by atoms with Gasteiger partial charge in [0.2, 0.25) is 0 Å². The molecule has 0 aliphatic heterocycles. The van der Waals surface area contributed by atoms with Crippen molar-refractivity contribution in [2.45, 2.75) is 84.8 Å². The Morgan fingerprint density at radius 3 is 1.96 bits per heavy atom. The zero-order chi connectivity index (χ0) is 33.0. The first-order chi connectivity index (χ1) is 21.3. The Balaban J connectivity index is 1.74. The van der Waals surface area contributed by atoms with Gasteiger partial charge in [-0.05, 0) is 65.8 Å². The number of Topliss-reactive ketones (excluding diaryl/α,β-unsaturated/α-hetero) is 2. The van der Waals surface area contributed by atoms with E-state index in [1.165, 1.54) is 10.4 Å². The van der Waals surface area contributed by atoms with Gasteiger partial charge in [0.25, 0.3) is 8.32 Å². The van der Waals surface area contributed by atoms with Gasteiger partial charge in [0.15, 0.2) is 5.78 Å². The highest BCUT2D eigenvalue weighted by molar-refractivity contribution is 6.99. The topological polar surface area (TPSA) is 71.1 Å². The van der Waals surface area contributed by atoms with Crippen molar-refractivity contribution in [3.63, 3.8) is 0 Å². The summed E-state index contributed by atoms with van der Waals surface area (Å²) in [6.07, 6.45) is 2.77. The molecule has 6 atom stereocenters. The first-order valence-electron chi connectivity index (χ1n) is 16.7. The molecule has 2 aromatic rings. The van der Waals surface area contributed by atoms with Crippen molar-refractivity contribution in [3.8, 4) is 0 Å². The molecular weight excluding hydrogens is 580 g/mol. The minimum Gasteiger partial charge on any atom is -0.407 e. The minimum atomic E-state index is -2.77. The Morgan fingerprint density at radius 2 is 1.49 bits per heavy atom. The molecule has 0 heterocycles. The van der Waals surface area contributed by atoms with Crippen molar-refractivity contribution < 1.29 is 28.2 Å². The fourth-order valence-electron chi connectivity index (χ4n) is 8.43. The second kappa shape index (κ2) is 14.3. The molecule has 0 aromatic heterocycles. The molecule has 0 unspecified atom stereocenters. The lowest BCUT2D eigenvalue weighted by molar-refractivity contribution is -0.184. The van der Waals surface area contributed by atoms with E-state index < -0.39 is 25.3 Å². The predicted octanol–water partition coefficient (Wildman–Crippen LogP) is 6.44. The summed E-state index contributed by atoms with van der Waals surface area (Å²) < 4.78 is 24.9. The summed E-state index contributed by atoms with van der Waals surface area (Å²) >= 11 is 0. The maximum absolute atomic E-state index is 14.9. The van der Waals surface area contributed by atoms with Crippen molar-refractivity contribution in [1.82, 2.24) is 0 Å². The number of hydrogen-bond acceptors (Lipinski definition) is 6. The molecule has 0 saturated heterocycles. The van der Waals surface area contributed by atoms with Crippen LogP contribution in [-0.4, -0.2) is 59.7 Å². The fraction of sp³-hybridized carbons (Fsp3) is 0.632. The summed E-state index contributed by atoms with van der Waals surface area (Å²) in [6, 6.07) is 21.3. The van der Waals surface area contributed by atoms with Gasteiger partial charge in [-0.1, -0.05) is 102 Å². The van der Waals surface area contributed by atoms with Gasteiger partial charge in [-0.15, -0.1) is 0 Å². The van der Waals surface area contributed by atoms with Gasteiger partial charge in [0.05, 0.1) is 17.9 Å². The van der Waals surface area contributed by atoms with Crippen LogP contribution >= 0.6 is 0 Å². The van der Waals surface area contributed by atoms with Gasteiger partial charge < -0.3 is 18.6 Å². The van der Waals surface area contributed by atoms with Crippen molar-refractivity contribution in [2.75, 3.05) is 34.2 Å². The summed E-state index contributed by atoms with van der Waals surface area (Å²) in [5.41, 5.74) is -1.90. The SMILES string of the molecule is COCO[C@]1(COC)CC[C@@H]([C@@H](C)CO[Si](c2ccccc2)(c2ccccc2)C(C)(C)C)[C@@H]1C(=O)[C@@]1(C)CC[C@@H](C(C)C)C1=O. The summed E-state index contributed by atoms with van der Waals surface area (Å²) in [4.78, 5) is 28.8. The number of methoxy groups -OCH3 is 2. The molecule has 0 radical (unpaired) electrons. The number of benzene rings is 2. The summed E-state index contributed by atoms with van der Waals surface area (Å²) in [7, 11) is 0.476. The smallest absolute Gasteiger partial charge is 0.261 e. The van der Waals surface area contributed by atoms with Gasteiger partial charge in [-0.25, -0.2) is 0 Å². The van der Waals surface area contributed by atoms with Crippen molar-refractivity contribution in [1.29, 1.82) is 0 Å². The Labute approximate surface area is 272 Å². The number of ketones is 2. The van der Waals surface area contributed by atoms with Crippen LogP contribution in [0.4, 0.5) is 0 Å².